The van der Waals surface area contributed by atoms with E-state index in [-0.39, 0.29) is 0 Å². The summed E-state index contributed by atoms with van der Waals surface area (Å²) in [4.78, 5) is 3.36. The third kappa shape index (κ3) is 4.35. The van der Waals surface area contributed by atoms with Crippen LogP contribution < -0.4 is 5.32 Å². The molecule has 1 fully saturated rings. The molecule has 5 heteroatoms. The fourth-order valence-corrected chi connectivity index (χ4v) is 3.02. The third-order valence-corrected chi connectivity index (χ3v) is 4.34. The summed E-state index contributed by atoms with van der Waals surface area (Å²) in [7, 11) is 0. The van der Waals surface area contributed by atoms with Crippen molar-refractivity contribution in [3.63, 3.8) is 0 Å². The zero-order chi connectivity index (χ0) is 14.2. The van der Waals surface area contributed by atoms with Gasteiger partial charge in [-0.05, 0) is 38.4 Å². The molecule has 0 aromatic carbocycles. The van der Waals surface area contributed by atoms with Crippen molar-refractivity contribution in [1.82, 2.24) is 20.5 Å². The Bertz CT molecular complexity index is 484. The Hall–Kier alpha value is -1.33. The first-order valence-corrected chi connectivity index (χ1v) is 8.02. The van der Waals surface area contributed by atoms with Crippen molar-refractivity contribution in [3.05, 3.63) is 42.3 Å². The van der Waals surface area contributed by atoms with Crippen molar-refractivity contribution in [2.45, 2.75) is 30.8 Å². The Balaban J connectivity index is 1.89. The van der Waals surface area contributed by atoms with Crippen LogP contribution in [-0.4, -0.2) is 34.0 Å². The molecule has 1 aliphatic rings. The second-order valence-corrected chi connectivity index (χ2v) is 5.75. The fourth-order valence-electron chi connectivity index (χ4n) is 2.17. The lowest BCUT2D eigenvalue weighted by Gasteiger charge is -2.19. The van der Waals surface area contributed by atoms with Gasteiger partial charge in [0.2, 0.25) is 0 Å². The lowest BCUT2D eigenvalue weighted by molar-refractivity contribution is 0.445. The number of piperidine rings is 1. The average molecular weight is 290 g/mol. The Morgan fingerprint density at radius 1 is 1.40 bits per heavy atom. The van der Waals surface area contributed by atoms with Gasteiger partial charge in [0.15, 0.2) is 5.16 Å². The van der Waals surface area contributed by atoms with E-state index < -0.39 is 0 Å². The second kappa shape index (κ2) is 8.07. The normalized spacial score (nSPS) is 17.8. The van der Waals surface area contributed by atoms with E-state index >= 15 is 0 Å². The summed E-state index contributed by atoms with van der Waals surface area (Å²) in [5.41, 5.74) is 1.26. The molecular formula is C15H22N4S. The zero-order valence-corrected chi connectivity index (χ0v) is 12.7. The summed E-state index contributed by atoms with van der Waals surface area (Å²) in [6.07, 6.45) is 10.2. The van der Waals surface area contributed by atoms with E-state index in [1.54, 1.807) is 17.8 Å². The lowest BCUT2D eigenvalue weighted by Crippen LogP contribution is -2.27. The highest BCUT2D eigenvalue weighted by atomic mass is 32.2. The van der Waals surface area contributed by atoms with Crippen LogP contribution in [0.2, 0.25) is 0 Å². The van der Waals surface area contributed by atoms with Crippen LogP contribution in [0.4, 0.5) is 0 Å². The van der Waals surface area contributed by atoms with Crippen molar-refractivity contribution in [2.75, 3.05) is 18.8 Å². The number of allylic oxidation sites excluding steroid dienone is 4. The molecule has 0 spiro atoms. The number of nitrogens with one attached hydrogen (secondary N) is 2. The average Bonchev–Trinajstić information content (AvgIpc) is 2.97. The third-order valence-electron chi connectivity index (χ3n) is 3.40. The summed E-state index contributed by atoms with van der Waals surface area (Å²) in [6, 6.07) is 0. The standard InChI is InChI=1S/C15H22N4S/c1-3-5-6-12(4-2)11-20-15-17-14(18-19-15)13-7-9-16-10-8-13/h3-6,13,16H,1,7-11H2,2H3,(H,17,18,19)/b6-5-,12-4+. The molecule has 1 aliphatic heterocycles. The maximum atomic E-state index is 4.30. The van der Waals surface area contributed by atoms with Crippen LogP contribution in [0, 0.1) is 0 Å². The predicted molar refractivity (Wildman–Crippen MR) is 85.0 cm³/mol. The molecule has 108 valence electrons. The predicted octanol–water partition coefficient (Wildman–Crippen LogP) is 3.05. The number of aromatic amines is 1. The van der Waals surface area contributed by atoms with E-state index in [9.17, 15) is 0 Å². The van der Waals surface area contributed by atoms with Crippen molar-refractivity contribution in [2.24, 2.45) is 0 Å². The van der Waals surface area contributed by atoms with Crippen LogP contribution in [0.25, 0.3) is 0 Å². The van der Waals surface area contributed by atoms with Gasteiger partial charge in [-0.3, -0.25) is 0 Å². The van der Waals surface area contributed by atoms with Crippen LogP contribution in [0.1, 0.15) is 31.5 Å². The number of thioether (sulfide) groups is 1. The van der Waals surface area contributed by atoms with Crippen LogP contribution in [-0.2, 0) is 0 Å². The van der Waals surface area contributed by atoms with E-state index in [0.29, 0.717) is 5.92 Å². The maximum absolute atomic E-state index is 4.30. The van der Waals surface area contributed by atoms with Gasteiger partial charge in [-0.1, -0.05) is 42.6 Å². The highest BCUT2D eigenvalue weighted by Gasteiger charge is 2.18. The van der Waals surface area contributed by atoms with Crippen LogP contribution in [0.5, 0.6) is 0 Å². The monoisotopic (exact) mass is 290 g/mol. The van der Waals surface area contributed by atoms with Crippen molar-refractivity contribution in [1.29, 1.82) is 0 Å². The molecule has 2 N–H and O–H groups in total. The fraction of sp³-hybridized carbons (Fsp3) is 0.467. The summed E-state index contributed by atoms with van der Waals surface area (Å²) in [6.45, 7) is 7.88. The highest BCUT2D eigenvalue weighted by Crippen LogP contribution is 2.24. The molecule has 0 atom stereocenters. The molecule has 2 heterocycles. The Morgan fingerprint density at radius 2 is 2.20 bits per heavy atom. The summed E-state index contributed by atoms with van der Waals surface area (Å²) in [5.74, 6) is 2.46. The van der Waals surface area contributed by atoms with Crippen LogP contribution >= 0.6 is 11.8 Å². The highest BCUT2D eigenvalue weighted by molar-refractivity contribution is 7.99. The van der Waals surface area contributed by atoms with E-state index in [0.717, 1.165) is 42.7 Å². The number of H-pyrrole nitrogens is 1. The molecule has 1 aromatic rings. The summed E-state index contributed by atoms with van der Waals surface area (Å²) < 4.78 is 0. The summed E-state index contributed by atoms with van der Waals surface area (Å²) >= 11 is 1.69. The molecule has 0 radical (unpaired) electrons. The summed E-state index contributed by atoms with van der Waals surface area (Å²) in [5, 5.41) is 12.8. The molecule has 0 aliphatic carbocycles. The molecule has 0 amide bonds. The van der Waals surface area contributed by atoms with Crippen LogP contribution in [0.15, 0.2) is 41.6 Å². The minimum Gasteiger partial charge on any atom is -0.320 e. The van der Waals surface area contributed by atoms with Gasteiger partial charge < -0.3 is 10.3 Å². The van der Waals surface area contributed by atoms with Crippen LogP contribution in [0.3, 0.4) is 0 Å². The minimum absolute atomic E-state index is 0.528. The molecule has 0 bridgehead atoms. The van der Waals surface area contributed by atoms with Gasteiger partial charge in [-0.15, -0.1) is 10.2 Å². The van der Waals surface area contributed by atoms with Crippen molar-refractivity contribution < 1.29 is 0 Å². The van der Waals surface area contributed by atoms with Gasteiger partial charge in [-0.25, -0.2) is 0 Å². The number of hydrogen-bond acceptors (Lipinski definition) is 4. The second-order valence-electron chi connectivity index (χ2n) is 4.79. The molecule has 1 saturated heterocycles. The molecule has 20 heavy (non-hydrogen) atoms. The van der Waals surface area contributed by atoms with E-state index in [4.69, 9.17) is 0 Å². The van der Waals surface area contributed by atoms with E-state index in [2.05, 4.69) is 39.2 Å². The maximum Gasteiger partial charge on any atom is 0.188 e. The first kappa shape index (κ1) is 15.1. The van der Waals surface area contributed by atoms with Crippen molar-refractivity contribution in [3.8, 4) is 0 Å². The van der Waals surface area contributed by atoms with E-state index in [1.165, 1.54) is 5.57 Å². The first-order chi connectivity index (χ1) is 9.83. The van der Waals surface area contributed by atoms with Crippen molar-refractivity contribution >= 4 is 11.8 Å². The molecule has 2 rings (SSSR count). The molecular weight excluding hydrogens is 268 g/mol. The minimum atomic E-state index is 0.528. The van der Waals surface area contributed by atoms with Gasteiger partial charge in [-0.2, -0.15) is 0 Å². The quantitative estimate of drug-likeness (QED) is 0.624. The molecule has 4 nitrogen and oxygen atoms in total. The van der Waals surface area contributed by atoms with Gasteiger partial charge >= 0.3 is 0 Å². The SMILES string of the molecule is C=C/C=C\C(=C/C)CSc1nnc(C2CCNCC2)[nH]1. The Kier molecular flexibility index (Phi) is 6.08. The largest absolute Gasteiger partial charge is 0.320 e. The molecule has 1 aromatic heterocycles. The zero-order valence-electron chi connectivity index (χ0n) is 11.9. The smallest absolute Gasteiger partial charge is 0.188 e. The Labute approximate surface area is 124 Å². The van der Waals surface area contributed by atoms with E-state index in [1.807, 2.05) is 13.0 Å². The van der Waals surface area contributed by atoms with Gasteiger partial charge in [0, 0.05) is 11.7 Å². The Morgan fingerprint density at radius 3 is 2.90 bits per heavy atom. The number of nitrogens with zero attached hydrogens (tertiary/aromatic N) is 2. The number of rotatable bonds is 6. The van der Waals surface area contributed by atoms with Gasteiger partial charge in [0.25, 0.3) is 0 Å². The first-order valence-electron chi connectivity index (χ1n) is 7.04. The number of hydrogen-bond donors (Lipinski definition) is 2. The lowest BCUT2D eigenvalue weighted by atomic mass is 9.98. The van der Waals surface area contributed by atoms with Gasteiger partial charge in [0.1, 0.15) is 5.82 Å². The molecule has 0 saturated carbocycles. The topological polar surface area (TPSA) is 53.6 Å². The number of aromatic nitrogens is 3. The van der Waals surface area contributed by atoms with Gasteiger partial charge in [0.05, 0.1) is 0 Å². The molecule has 0 unspecified atom stereocenters.